The van der Waals surface area contributed by atoms with Crippen LogP contribution in [0.1, 0.15) is 20.3 Å². The van der Waals surface area contributed by atoms with Crippen LogP contribution in [0.25, 0.3) is 0 Å². The molecule has 136 valence electrons. The van der Waals surface area contributed by atoms with Gasteiger partial charge in [-0.3, -0.25) is 9.59 Å². The first kappa shape index (κ1) is 18.5. The van der Waals surface area contributed by atoms with Crippen molar-refractivity contribution in [1.82, 2.24) is 0 Å². The van der Waals surface area contributed by atoms with Crippen molar-refractivity contribution in [1.29, 1.82) is 0 Å². The SMILES string of the molecule is CC(C)Oc1ccccc1NC(=O)C1CC(=O)N(c2cccc(Br)c2)C1. The van der Waals surface area contributed by atoms with Gasteiger partial charge in [0.2, 0.25) is 11.8 Å². The minimum Gasteiger partial charge on any atom is -0.489 e. The number of ether oxygens (including phenoxy) is 1. The summed E-state index contributed by atoms with van der Waals surface area (Å²) in [6.07, 6.45) is 0.207. The van der Waals surface area contributed by atoms with Gasteiger partial charge in [0, 0.05) is 23.1 Å². The predicted molar refractivity (Wildman–Crippen MR) is 105 cm³/mol. The number of anilines is 2. The fourth-order valence-corrected chi connectivity index (χ4v) is 3.33. The van der Waals surface area contributed by atoms with Crippen LogP contribution in [0.4, 0.5) is 11.4 Å². The highest BCUT2D eigenvalue weighted by Crippen LogP contribution is 2.30. The van der Waals surface area contributed by atoms with E-state index in [4.69, 9.17) is 4.74 Å². The highest BCUT2D eigenvalue weighted by atomic mass is 79.9. The molecule has 1 N–H and O–H groups in total. The van der Waals surface area contributed by atoms with Gasteiger partial charge in [0.15, 0.2) is 0 Å². The Bertz CT molecular complexity index is 822. The molecule has 5 nitrogen and oxygen atoms in total. The van der Waals surface area contributed by atoms with E-state index in [1.165, 1.54) is 0 Å². The summed E-state index contributed by atoms with van der Waals surface area (Å²) in [5, 5.41) is 2.91. The number of nitrogens with zero attached hydrogens (tertiary/aromatic N) is 1. The lowest BCUT2D eigenvalue weighted by Crippen LogP contribution is -2.28. The number of para-hydroxylation sites is 2. The molecule has 3 rings (SSSR count). The molecule has 0 aliphatic carbocycles. The summed E-state index contributed by atoms with van der Waals surface area (Å²) < 4.78 is 6.63. The first-order valence-corrected chi connectivity index (χ1v) is 9.36. The molecule has 1 unspecified atom stereocenters. The van der Waals surface area contributed by atoms with Crippen LogP contribution in [0.15, 0.2) is 53.0 Å². The summed E-state index contributed by atoms with van der Waals surface area (Å²) in [6, 6.07) is 14.9. The lowest BCUT2D eigenvalue weighted by molar-refractivity contribution is -0.122. The fraction of sp³-hybridized carbons (Fsp3) is 0.300. The zero-order valence-corrected chi connectivity index (χ0v) is 16.3. The zero-order chi connectivity index (χ0) is 18.7. The number of rotatable bonds is 5. The van der Waals surface area contributed by atoms with Crippen LogP contribution in [-0.4, -0.2) is 24.5 Å². The lowest BCUT2D eigenvalue weighted by Gasteiger charge is -2.18. The standard InChI is InChI=1S/C20H21BrN2O3/c1-13(2)26-18-9-4-3-8-17(18)22-20(25)14-10-19(24)23(12-14)16-7-5-6-15(21)11-16/h3-9,11,13-14H,10,12H2,1-2H3,(H,22,25). The molecule has 0 radical (unpaired) electrons. The van der Waals surface area contributed by atoms with E-state index in [-0.39, 0.29) is 24.3 Å². The third kappa shape index (κ3) is 4.25. The highest BCUT2D eigenvalue weighted by Gasteiger charge is 2.35. The van der Waals surface area contributed by atoms with Gasteiger partial charge in [0.1, 0.15) is 5.75 Å². The molecule has 0 spiro atoms. The Labute approximate surface area is 161 Å². The lowest BCUT2D eigenvalue weighted by atomic mass is 10.1. The number of hydrogen-bond donors (Lipinski definition) is 1. The third-order valence-corrected chi connectivity index (χ3v) is 4.62. The highest BCUT2D eigenvalue weighted by molar-refractivity contribution is 9.10. The average Bonchev–Trinajstić information content (AvgIpc) is 2.98. The van der Waals surface area contributed by atoms with Crippen LogP contribution in [-0.2, 0) is 9.59 Å². The Balaban J connectivity index is 1.71. The molecule has 2 amide bonds. The van der Waals surface area contributed by atoms with Gasteiger partial charge in [-0.25, -0.2) is 0 Å². The number of carbonyl (C=O) groups excluding carboxylic acids is 2. The summed E-state index contributed by atoms with van der Waals surface area (Å²) in [5.74, 6) is 0.0169. The second-order valence-corrected chi connectivity index (χ2v) is 7.45. The first-order valence-electron chi connectivity index (χ1n) is 8.56. The summed E-state index contributed by atoms with van der Waals surface area (Å²) in [6.45, 7) is 4.24. The molecule has 1 aliphatic heterocycles. The van der Waals surface area contributed by atoms with Crippen molar-refractivity contribution in [3.8, 4) is 5.75 Å². The van der Waals surface area contributed by atoms with Gasteiger partial charge in [-0.2, -0.15) is 0 Å². The van der Waals surface area contributed by atoms with E-state index >= 15 is 0 Å². The molecule has 1 saturated heterocycles. The van der Waals surface area contributed by atoms with Gasteiger partial charge < -0.3 is 15.0 Å². The molecule has 0 bridgehead atoms. The number of carbonyl (C=O) groups is 2. The van der Waals surface area contributed by atoms with Crippen LogP contribution in [0.5, 0.6) is 5.75 Å². The molecular formula is C20H21BrN2O3. The van der Waals surface area contributed by atoms with E-state index in [1.807, 2.05) is 56.3 Å². The monoisotopic (exact) mass is 416 g/mol. The number of hydrogen-bond acceptors (Lipinski definition) is 3. The molecule has 1 heterocycles. The van der Waals surface area contributed by atoms with Gasteiger partial charge in [-0.05, 0) is 44.2 Å². The number of benzene rings is 2. The average molecular weight is 417 g/mol. The van der Waals surface area contributed by atoms with E-state index in [9.17, 15) is 9.59 Å². The van der Waals surface area contributed by atoms with Crippen LogP contribution >= 0.6 is 15.9 Å². The van der Waals surface area contributed by atoms with E-state index in [1.54, 1.807) is 11.0 Å². The Morgan fingerprint density at radius 3 is 2.73 bits per heavy atom. The zero-order valence-electron chi connectivity index (χ0n) is 14.7. The predicted octanol–water partition coefficient (Wildman–Crippen LogP) is 4.23. The smallest absolute Gasteiger partial charge is 0.229 e. The molecule has 0 aromatic heterocycles. The van der Waals surface area contributed by atoms with Gasteiger partial charge in [-0.1, -0.05) is 34.1 Å². The minimum atomic E-state index is -0.395. The summed E-state index contributed by atoms with van der Waals surface area (Å²) >= 11 is 3.41. The minimum absolute atomic E-state index is 0.00753. The van der Waals surface area contributed by atoms with Gasteiger partial charge >= 0.3 is 0 Å². The van der Waals surface area contributed by atoms with Crippen molar-refractivity contribution in [3.63, 3.8) is 0 Å². The van der Waals surface area contributed by atoms with Crippen molar-refractivity contribution in [3.05, 3.63) is 53.0 Å². The molecule has 2 aromatic carbocycles. The maximum Gasteiger partial charge on any atom is 0.229 e. The first-order chi connectivity index (χ1) is 12.4. The van der Waals surface area contributed by atoms with Gasteiger partial charge in [0.25, 0.3) is 0 Å². The molecule has 26 heavy (non-hydrogen) atoms. The molecule has 1 atom stereocenters. The molecule has 1 aliphatic rings. The summed E-state index contributed by atoms with van der Waals surface area (Å²) in [7, 11) is 0. The van der Waals surface area contributed by atoms with E-state index in [0.717, 1.165) is 10.2 Å². The second kappa shape index (κ2) is 7.91. The quantitative estimate of drug-likeness (QED) is 0.793. The summed E-state index contributed by atoms with van der Waals surface area (Å²) in [4.78, 5) is 26.7. The van der Waals surface area contributed by atoms with Crippen molar-refractivity contribution in [2.75, 3.05) is 16.8 Å². The number of amides is 2. The fourth-order valence-electron chi connectivity index (χ4n) is 2.94. The van der Waals surface area contributed by atoms with E-state index in [0.29, 0.717) is 18.0 Å². The van der Waals surface area contributed by atoms with Crippen LogP contribution in [0.2, 0.25) is 0 Å². The van der Waals surface area contributed by atoms with Crippen molar-refractivity contribution >= 4 is 39.1 Å². The Hall–Kier alpha value is -2.34. The molecule has 6 heteroatoms. The largest absolute Gasteiger partial charge is 0.489 e. The van der Waals surface area contributed by atoms with Crippen molar-refractivity contribution < 1.29 is 14.3 Å². The van der Waals surface area contributed by atoms with Crippen molar-refractivity contribution in [2.45, 2.75) is 26.4 Å². The van der Waals surface area contributed by atoms with E-state index < -0.39 is 5.92 Å². The third-order valence-electron chi connectivity index (χ3n) is 4.12. The molecular weight excluding hydrogens is 396 g/mol. The van der Waals surface area contributed by atoms with Crippen LogP contribution < -0.4 is 15.0 Å². The van der Waals surface area contributed by atoms with Crippen LogP contribution in [0.3, 0.4) is 0 Å². The normalized spacial score (nSPS) is 16.8. The molecule has 0 saturated carbocycles. The Morgan fingerprint density at radius 1 is 1.23 bits per heavy atom. The maximum absolute atomic E-state index is 12.7. The van der Waals surface area contributed by atoms with Gasteiger partial charge in [0.05, 0.1) is 17.7 Å². The maximum atomic E-state index is 12.7. The van der Waals surface area contributed by atoms with Crippen molar-refractivity contribution in [2.24, 2.45) is 5.92 Å². The van der Waals surface area contributed by atoms with Crippen LogP contribution in [0, 0.1) is 5.92 Å². The topological polar surface area (TPSA) is 58.6 Å². The Morgan fingerprint density at radius 2 is 2.00 bits per heavy atom. The summed E-state index contributed by atoms with van der Waals surface area (Å²) in [5.41, 5.74) is 1.42. The van der Waals surface area contributed by atoms with Gasteiger partial charge in [-0.15, -0.1) is 0 Å². The Kier molecular flexibility index (Phi) is 5.61. The number of nitrogens with one attached hydrogen (secondary N) is 1. The van der Waals surface area contributed by atoms with E-state index in [2.05, 4.69) is 21.2 Å². The molecule has 2 aromatic rings. The molecule has 1 fully saturated rings. The number of halogens is 1. The second-order valence-electron chi connectivity index (χ2n) is 6.54.